The average Bonchev–Trinajstić information content (AvgIpc) is 2.38. The predicted octanol–water partition coefficient (Wildman–Crippen LogP) is 3.72. The largest absolute Gasteiger partial charge is 0.539 e. The third-order valence-electron chi connectivity index (χ3n) is 3.56. The third-order valence-corrected chi connectivity index (χ3v) is 3.56. The Hall–Kier alpha value is -0.955. The molecule has 0 bridgehead atoms. The van der Waals surface area contributed by atoms with E-state index in [0.717, 1.165) is 24.0 Å². The van der Waals surface area contributed by atoms with Gasteiger partial charge in [0.05, 0.1) is 0 Å². The van der Waals surface area contributed by atoms with Crippen LogP contribution in [0.3, 0.4) is 0 Å². The molecule has 0 spiro atoms. The van der Waals surface area contributed by atoms with Crippen LogP contribution >= 0.6 is 0 Å². The highest BCUT2D eigenvalue weighted by Crippen LogP contribution is 2.19. The van der Waals surface area contributed by atoms with E-state index in [1.807, 2.05) is 12.1 Å². The van der Waals surface area contributed by atoms with Gasteiger partial charge in [-0.2, -0.15) is 0 Å². The Morgan fingerprint density at radius 3 is 2.32 bits per heavy atom. The minimum Gasteiger partial charge on any atom is -0.539 e. The molecule has 0 amide bonds. The van der Waals surface area contributed by atoms with E-state index in [2.05, 4.69) is 32.9 Å². The van der Waals surface area contributed by atoms with Gasteiger partial charge in [0.1, 0.15) is 5.75 Å². The number of hydrogen-bond donors (Lipinski definition) is 1. The van der Waals surface area contributed by atoms with E-state index < -0.39 is 0 Å². The van der Waals surface area contributed by atoms with E-state index in [0.29, 0.717) is 0 Å². The maximum atomic E-state index is 8.66. The predicted molar refractivity (Wildman–Crippen MR) is 82.6 cm³/mol. The van der Waals surface area contributed by atoms with Gasteiger partial charge in [-0.05, 0) is 42.4 Å². The first kappa shape index (κ1) is 16.1. The van der Waals surface area contributed by atoms with Gasteiger partial charge in [-0.25, -0.2) is 0 Å². The van der Waals surface area contributed by atoms with Gasteiger partial charge in [-0.15, -0.1) is 0 Å². The number of benzene rings is 1. The molecule has 0 saturated carbocycles. The normalized spacial score (nSPS) is 12.5. The van der Waals surface area contributed by atoms with Crippen LogP contribution in [-0.2, 0) is 6.42 Å². The second-order valence-electron chi connectivity index (χ2n) is 5.89. The monoisotopic (exact) mass is 262 g/mol. The summed E-state index contributed by atoms with van der Waals surface area (Å²) in [5, 5.41) is 8.66. The standard InChI is InChI=1S/C16H27BO2/c1-13(2)5-4-6-14(3)7-8-15-9-11-16(12-10-15)19-17-18/h9-14,17-18H,4-8H2,1-3H3. The van der Waals surface area contributed by atoms with Gasteiger partial charge in [0, 0.05) is 0 Å². The first-order valence-corrected chi connectivity index (χ1v) is 7.44. The van der Waals surface area contributed by atoms with Crippen LogP contribution in [-0.4, -0.2) is 12.7 Å². The van der Waals surface area contributed by atoms with E-state index in [-0.39, 0.29) is 7.69 Å². The van der Waals surface area contributed by atoms with Gasteiger partial charge in [0.2, 0.25) is 0 Å². The van der Waals surface area contributed by atoms with Crippen LogP contribution < -0.4 is 4.65 Å². The van der Waals surface area contributed by atoms with Gasteiger partial charge in [-0.1, -0.05) is 52.2 Å². The molecule has 1 atom stereocenters. The van der Waals surface area contributed by atoms with Gasteiger partial charge in [-0.3, -0.25) is 0 Å². The number of hydrogen-bond acceptors (Lipinski definition) is 2. The Kier molecular flexibility index (Phi) is 7.65. The van der Waals surface area contributed by atoms with Crippen molar-refractivity contribution in [3.63, 3.8) is 0 Å². The van der Waals surface area contributed by atoms with Crippen molar-refractivity contribution in [2.24, 2.45) is 11.8 Å². The number of rotatable bonds is 9. The van der Waals surface area contributed by atoms with E-state index in [4.69, 9.17) is 9.68 Å². The maximum absolute atomic E-state index is 8.66. The average molecular weight is 262 g/mol. The molecule has 1 rings (SSSR count). The summed E-state index contributed by atoms with van der Waals surface area (Å²) in [6, 6.07) is 8.03. The Morgan fingerprint density at radius 2 is 1.74 bits per heavy atom. The molecule has 19 heavy (non-hydrogen) atoms. The summed E-state index contributed by atoms with van der Waals surface area (Å²) in [6.45, 7) is 6.94. The van der Waals surface area contributed by atoms with Crippen LogP contribution in [0.15, 0.2) is 24.3 Å². The van der Waals surface area contributed by atoms with E-state index >= 15 is 0 Å². The first-order valence-electron chi connectivity index (χ1n) is 7.44. The highest BCUT2D eigenvalue weighted by atomic mass is 16.5. The van der Waals surface area contributed by atoms with Crippen molar-refractivity contribution in [3.8, 4) is 5.75 Å². The van der Waals surface area contributed by atoms with Crippen LogP contribution in [0.2, 0.25) is 0 Å². The Bertz CT molecular complexity index is 335. The summed E-state index contributed by atoms with van der Waals surface area (Å²) in [7, 11) is -0.258. The third kappa shape index (κ3) is 7.26. The van der Waals surface area contributed by atoms with E-state index in [1.165, 1.54) is 31.2 Å². The molecule has 2 nitrogen and oxygen atoms in total. The number of aryl methyl sites for hydroxylation is 1. The zero-order valence-electron chi connectivity index (χ0n) is 12.6. The molecule has 1 unspecified atom stereocenters. The molecule has 0 aliphatic rings. The summed E-state index contributed by atoms with van der Waals surface area (Å²) in [6.07, 6.45) is 6.41. The highest BCUT2D eigenvalue weighted by Gasteiger charge is 2.04. The zero-order valence-corrected chi connectivity index (χ0v) is 12.6. The molecule has 0 saturated heterocycles. The van der Waals surface area contributed by atoms with E-state index in [1.54, 1.807) is 0 Å². The molecule has 0 aromatic heterocycles. The quantitative estimate of drug-likeness (QED) is 0.687. The molecule has 1 N–H and O–H groups in total. The molecule has 106 valence electrons. The molecular formula is C16H27BO2. The lowest BCUT2D eigenvalue weighted by Gasteiger charge is -2.12. The summed E-state index contributed by atoms with van der Waals surface area (Å²) in [5.74, 6) is 2.36. The van der Waals surface area contributed by atoms with Crippen LogP contribution in [0, 0.1) is 11.8 Å². The minimum absolute atomic E-state index is 0.258. The lowest BCUT2D eigenvalue weighted by molar-refractivity contribution is 0.436. The van der Waals surface area contributed by atoms with Crippen molar-refractivity contribution in [2.45, 2.75) is 52.9 Å². The van der Waals surface area contributed by atoms with Gasteiger partial charge in [0.25, 0.3) is 0 Å². The molecule has 1 aromatic carbocycles. The molecular weight excluding hydrogens is 235 g/mol. The maximum Gasteiger partial charge on any atom is 0.504 e. The van der Waals surface area contributed by atoms with Crippen LogP contribution in [0.5, 0.6) is 5.75 Å². The fraction of sp³-hybridized carbons (Fsp3) is 0.625. The Morgan fingerprint density at radius 1 is 1.05 bits per heavy atom. The van der Waals surface area contributed by atoms with Crippen molar-refractivity contribution < 1.29 is 9.68 Å². The van der Waals surface area contributed by atoms with Crippen LogP contribution in [0.1, 0.15) is 52.0 Å². The molecule has 0 fully saturated rings. The second kappa shape index (κ2) is 9.03. The van der Waals surface area contributed by atoms with Crippen molar-refractivity contribution in [1.82, 2.24) is 0 Å². The van der Waals surface area contributed by atoms with Crippen molar-refractivity contribution >= 4 is 7.69 Å². The highest BCUT2D eigenvalue weighted by molar-refractivity contribution is 6.17. The molecule has 0 heterocycles. The topological polar surface area (TPSA) is 29.5 Å². The lowest BCUT2D eigenvalue weighted by atomic mass is 9.94. The Labute approximate surface area is 118 Å². The summed E-state index contributed by atoms with van der Waals surface area (Å²) in [5.41, 5.74) is 1.35. The SMILES string of the molecule is CC(C)CCCC(C)CCc1ccc(OBO)cc1. The van der Waals surface area contributed by atoms with Crippen molar-refractivity contribution in [1.29, 1.82) is 0 Å². The van der Waals surface area contributed by atoms with Crippen LogP contribution in [0.25, 0.3) is 0 Å². The molecule has 0 aliphatic heterocycles. The fourth-order valence-corrected chi connectivity index (χ4v) is 2.26. The second-order valence-corrected chi connectivity index (χ2v) is 5.89. The summed E-state index contributed by atoms with van der Waals surface area (Å²) in [4.78, 5) is 0. The van der Waals surface area contributed by atoms with Gasteiger partial charge >= 0.3 is 7.69 Å². The molecule has 3 heteroatoms. The smallest absolute Gasteiger partial charge is 0.504 e. The lowest BCUT2D eigenvalue weighted by Crippen LogP contribution is -2.01. The summed E-state index contributed by atoms with van der Waals surface area (Å²) < 4.78 is 5.02. The summed E-state index contributed by atoms with van der Waals surface area (Å²) >= 11 is 0. The molecule has 0 radical (unpaired) electrons. The first-order chi connectivity index (χ1) is 9.11. The minimum atomic E-state index is -0.258. The van der Waals surface area contributed by atoms with Crippen molar-refractivity contribution in [2.75, 3.05) is 0 Å². The molecule has 1 aromatic rings. The van der Waals surface area contributed by atoms with Crippen LogP contribution in [0.4, 0.5) is 0 Å². The fourth-order valence-electron chi connectivity index (χ4n) is 2.26. The Balaban J connectivity index is 2.23. The molecule has 0 aliphatic carbocycles. The van der Waals surface area contributed by atoms with Gasteiger partial charge in [0.15, 0.2) is 0 Å². The van der Waals surface area contributed by atoms with Gasteiger partial charge < -0.3 is 9.68 Å². The van der Waals surface area contributed by atoms with E-state index in [9.17, 15) is 0 Å². The zero-order chi connectivity index (χ0) is 14.1. The van der Waals surface area contributed by atoms with Crippen molar-refractivity contribution in [3.05, 3.63) is 29.8 Å².